The van der Waals surface area contributed by atoms with Crippen LogP contribution in [0.1, 0.15) is 12.5 Å². The van der Waals surface area contributed by atoms with Crippen LogP contribution in [0.3, 0.4) is 0 Å². The number of fused-ring (bicyclic) bond motifs is 1. The lowest BCUT2D eigenvalue weighted by Gasteiger charge is -2.20. The van der Waals surface area contributed by atoms with Gasteiger partial charge in [0.2, 0.25) is 0 Å². The molecule has 1 aliphatic heterocycles. The highest BCUT2D eigenvalue weighted by molar-refractivity contribution is 5.80. The van der Waals surface area contributed by atoms with Gasteiger partial charge in [0.25, 0.3) is 5.91 Å². The Morgan fingerprint density at radius 3 is 2.52 bits per heavy atom. The smallest absolute Gasteiger partial charge is 0.261 e. The standard InChI is InChI=1S/C20H23NO6/c1-13(27-15-5-7-17-19(11-15)26-9-8-25-17)20(22)21-12-14-4-6-16(23-2)18(10-14)24-3/h4-7,10-11,13H,8-9,12H2,1-3H3,(H,21,22)/t13-/m0/s1. The highest BCUT2D eigenvalue weighted by Gasteiger charge is 2.17. The van der Waals surface area contributed by atoms with Crippen LogP contribution in [0.15, 0.2) is 36.4 Å². The number of carbonyl (C=O) groups excluding carboxylic acids is 1. The zero-order chi connectivity index (χ0) is 19.2. The molecule has 0 bridgehead atoms. The normalized spacial score (nSPS) is 13.4. The van der Waals surface area contributed by atoms with Crippen LogP contribution in [0.2, 0.25) is 0 Å². The Balaban J connectivity index is 1.56. The number of amides is 1. The van der Waals surface area contributed by atoms with Gasteiger partial charge in [0, 0.05) is 12.6 Å². The van der Waals surface area contributed by atoms with E-state index >= 15 is 0 Å². The first kappa shape index (κ1) is 18.7. The Bertz CT molecular complexity index is 807. The zero-order valence-corrected chi connectivity index (χ0v) is 15.6. The Morgan fingerprint density at radius 1 is 1.04 bits per heavy atom. The minimum atomic E-state index is -0.660. The van der Waals surface area contributed by atoms with E-state index in [-0.39, 0.29) is 5.91 Å². The van der Waals surface area contributed by atoms with E-state index in [2.05, 4.69) is 5.32 Å². The van der Waals surface area contributed by atoms with Crippen LogP contribution in [-0.4, -0.2) is 39.4 Å². The molecule has 0 radical (unpaired) electrons. The van der Waals surface area contributed by atoms with E-state index in [0.29, 0.717) is 48.5 Å². The summed E-state index contributed by atoms with van der Waals surface area (Å²) in [6.45, 7) is 3.08. The lowest BCUT2D eigenvalue weighted by molar-refractivity contribution is -0.127. The van der Waals surface area contributed by atoms with Crippen molar-refractivity contribution < 1.29 is 28.5 Å². The minimum Gasteiger partial charge on any atom is -0.493 e. The van der Waals surface area contributed by atoms with Crippen molar-refractivity contribution in [1.82, 2.24) is 5.32 Å². The molecule has 0 unspecified atom stereocenters. The maximum atomic E-state index is 12.3. The van der Waals surface area contributed by atoms with Crippen LogP contribution >= 0.6 is 0 Å². The summed E-state index contributed by atoms with van der Waals surface area (Å²) in [5.74, 6) is 2.89. The molecule has 0 fully saturated rings. The molecule has 1 N–H and O–H groups in total. The van der Waals surface area contributed by atoms with Crippen molar-refractivity contribution in [2.45, 2.75) is 19.6 Å². The van der Waals surface area contributed by atoms with E-state index in [0.717, 1.165) is 5.56 Å². The Hall–Kier alpha value is -3.09. The quantitative estimate of drug-likeness (QED) is 0.804. The first-order chi connectivity index (χ1) is 13.1. The van der Waals surface area contributed by atoms with E-state index in [4.69, 9.17) is 23.7 Å². The molecule has 0 aliphatic carbocycles. The van der Waals surface area contributed by atoms with E-state index in [9.17, 15) is 4.79 Å². The molecule has 144 valence electrons. The zero-order valence-electron chi connectivity index (χ0n) is 15.6. The van der Waals surface area contributed by atoms with Gasteiger partial charge in [-0.25, -0.2) is 0 Å². The van der Waals surface area contributed by atoms with E-state index in [1.54, 1.807) is 45.4 Å². The van der Waals surface area contributed by atoms with Gasteiger partial charge in [0.15, 0.2) is 29.1 Å². The van der Waals surface area contributed by atoms with Crippen molar-refractivity contribution >= 4 is 5.91 Å². The molecule has 2 aromatic rings. The SMILES string of the molecule is COc1ccc(CNC(=O)[C@H](C)Oc2ccc3c(c2)OCCO3)cc1OC. The average molecular weight is 373 g/mol. The van der Waals surface area contributed by atoms with Gasteiger partial charge in [0.1, 0.15) is 19.0 Å². The molecule has 27 heavy (non-hydrogen) atoms. The van der Waals surface area contributed by atoms with Gasteiger partial charge in [-0.1, -0.05) is 6.07 Å². The third-order valence-electron chi connectivity index (χ3n) is 4.11. The van der Waals surface area contributed by atoms with Crippen molar-refractivity contribution in [2.75, 3.05) is 27.4 Å². The second-order valence-corrected chi connectivity index (χ2v) is 5.97. The highest BCUT2D eigenvalue weighted by Crippen LogP contribution is 2.33. The van der Waals surface area contributed by atoms with Gasteiger partial charge in [-0.2, -0.15) is 0 Å². The minimum absolute atomic E-state index is 0.223. The van der Waals surface area contributed by atoms with E-state index in [1.165, 1.54) is 0 Å². The number of methoxy groups -OCH3 is 2. The molecular formula is C20H23NO6. The second kappa shape index (κ2) is 8.53. The summed E-state index contributed by atoms with van der Waals surface area (Å²) in [5, 5.41) is 2.85. The first-order valence-corrected chi connectivity index (χ1v) is 8.65. The van der Waals surface area contributed by atoms with Gasteiger partial charge in [0.05, 0.1) is 14.2 Å². The number of nitrogens with one attached hydrogen (secondary N) is 1. The number of carbonyl (C=O) groups is 1. The fourth-order valence-electron chi connectivity index (χ4n) is 2.68. The maximum Gasteiger partial charge on any atom is 0.261 e. The molecule has 0 saturated heterocycles. The first-order valence-electron chi connectivity index (χ1n) is 8.65. The van der Waals surface area contributed by atoms with Crippen LogP contribution in [-0.2, 0) is 11.3 Å². The highest BCUT2D eigenvalue weighted by atomic mass is 16.6. The molecule has 7 heteroatoms. The van der Waals surface area contributed by atoms with Gasteiger partial charge in [-0.05, 0) is 36.8 Å². The molecule has 7 nitrogen and oxygen atoms in total. The van der Waals surface area contributed by atoms with Crippen LogP contribution < -0.4 is 29.0 Å². The van der Waals surface area contributed by atoms with Crippen molar-refractivity contribution in [3.05, 3.63) is 42.0 Å². The molecule has 0 spiro atoms. The molecular weight excluding hydrogens is 350 g/mol. The Kier molecular flexibility index (Phi) is 5.90. The van der Waals surface area contributed by atoms with E-state index in [1.807, 2.05) is 12.1 Å². The number of rotatable bonds is 7. The third-order valence-corrected chi connectivity index (χ3v) is 4.11. The summed E-state index contributed by atoms with van der Waals surface area (Å²) in [4.78, 5) is 12.3. The number of hydrogen-bond donors (Lipinski definition) is 1. The molecule has 2 aromatic carbocycles. The lowest BCUT2D eigenvalue weighted by atomic mass is 10.2. The van der Waals surface area contributed by atoms with Gasteiger partial charge >= 0.3 is 0 Å². The van der Waals surface area contributed by atoms with Crippen LogP contribution in [0.5, 0.6) is 28.7 Å². The molecule has 0 saturated carbocycles. The molecule has 0 aromatic heterocycles. The number of ether oxygens (including phenoxy) is 5. The number of hydrogen-bond acceptors (Lipinski definition) is 6. The average Bonchev–Trinajstić information content (AvgIpc) is 2.71. The summed E-state index contributed by atoms with van der Waals surface area (Å²) < 4.78 is 27.2. The summed E-state index contributed by atoms with van der Waals surface area (Å²) in [6.07, 6.45) is -0.660. The molecule has 1 heterocycles. The van der Waals surface area contributed by atoms with Crippen molar-refractivity contribution in [1.29, 1.82) is 0 Å². The lowest BCUT2D eigenvalue weighted by Crippen LogP contribution is -2.35. The van der Waals surface area contributed by atoms with Crippen molar-refractivity contribution in [3.8, 4) is 28.7 Å². The largest absolute Gasteiger partial charge is 0.493 e. The van der Waals surface area contributed by atoms with Gasteiger partial charge in [-0.3, -0.25) is 4.79 Å². The molecule has 1 atom stereocenters. The van der Waals surface area contributed by atoms with Crippen molar-refractivity contribution in [3.63, 3.8) is 0 Å². The Morgan fingerprint density at radius 2 is 1.78 bits per heavy atom. The summed E-state index contributed by atoms with van der Waals surface area (Å²) in [7, 11) is 3.15. The fraction of sp³-hybridized carbons (Fsp3) is 0.350. The van der Waals surface area contributed by atoms with Crippen LogP contribution in [0.4, 0.5) is 0 Å². The number of benzene rings is 2. The fourth-order valence-corrected chi connectivity index (χ4v) is 2.68. The monoisotopic (exact) mass is 373 g/mol. The van der Waals surface area contributed by atoms with E-state index < -0.39 is 6.10 Å². The van der Waals surface area contributed by atoms with Gasteiger partial charge < -0.3 is 29.0 Å². The molecule has 3 rings (SSSR count). The summed E-state index contributed by atoms with van der Waals surface area (Å²) in [6, 6.07) is 10.8. The van der Waals surface area contributed by atoms with Gasteiger partial charge in [-0.15, -0.1) is 0 Å². The summed E-state index contributed by atoms with van der Waals surface area (Å²) in [5.41, 5.74) is 0.896. The predicted octanol–water partition coefficient (Wildman–Crippen LogP) is 2.56. The predicted molar refractivity (Wildman–Crippen MR) is 98.9 cm³/mol. The topological polar surface area (TPSA) is 75.3 Å². The molecule has 1 amide bonds. The third kappa shape index (κ3) is 4.55. The molecule has 1 aliphatic rings. The van der Waals surface area contributed by atoms with Crippen LogP contribution in [0, 0.1) is 0 Å². The Labute approximate surface area is 158 Å². The second-order valence-electron chi connectivity index (χ2n) is 5.97. The van der Waals surface area contributed by atoms with Crippen molar-refractivity contribution in [2.24, 2.45) is 0 Å². The van der Waals surface area contributed by atoms with Crippen LogP contribution in [0.25, 0.3) is 0 Å². The summed E-state index contributed by atoms with van der Waals surface area (Å²) >= 11 is 0. The maximum absolute atomic E-state index is 12.3.